The molecule has 41 heavy (non-hydrogen) atoms. The summed E-state index contributed by atoms with van der Waals surface area (Å²) in [5.74, 6) is 3.39. The number of thioether (sulfide) groups is 1. The van der Waals surface area contributed by atoms with Gasteiger partial charge in [-0.3, -0.25) is 4.99 Å². The molecule has 6 heteroatoms. The zero-order valence-electron chi connectivity index (χ0n) is 24.2. The van der Waals surface area contributed by atoms with Crippen molar-refractivity contribution in [3.05, 3.63) is 64.7 Å². The molecule has 0 radical (unpaired) electrons. The largest absolute Gasteiger partial charge is 0.378 e. The number of hydrogen-bond acceptors (Lipinski definition) is 4. The number of ether oxygens (including phenoxy) is 1. The highest BCUT2D eigenvalue weighted by Crippen LogP contribution is 2.49. The molecule has 3 heterocycles. The van der Waals surface area contributed by atoms with Crippen molar-refractivity contribution in [3.8, 4) is 0 Å². The fourth-order valence-electron chi connectivity index (χ4n) is 7.73. The van der Waals surface area contributed by atoms with Gasteiger partial charge < -0.3 is 14.5 Å². The first-order valence-electron chi connectivity index (χ1n) is 15.9. The molecule has 3 aliphatic heterocycles. The number of likely N-dealkylation sites (tertiary alicyclic amines) is 1. The van der Waals surface area contributed by atoms with Gasteiger partial charge in [-0.1, -0.05) is 54.5 Å². The summed E-state index contributed by atoms with van der Waals surface area (Å²) in [5, 5.41) is 2.86. The first-order valence-corrected chi connectivity index (χ1v) is 17.0. The van der Waals surface area contributed by atoms with Crippen LogP contribution in [0.4, 0.5) is 4.79 Å². The molecular weight excluding hydrogens is 526 g/mol. The van der Waals surface area contributed by atoms with Gasteiger partial charge in [-0.15, -0.1) is 11.8 Å². The van der Waals surface area contributed by atoms with Crippen molar-refractivity contribution in [2.75, 3.05) is 51.7 Å². The van der Waals surface area contributed by atoms with Gasteiger partial charge in [-0.05, 0) is 95.7 Å². The lowest BCUT2D eigenvalue weighted by Gasteiger charge is -2.41. The molecule has 2 aromatic carbocycles. The zero-order valence-corrected chi connectivity index (χ0v) is 25.0. The van der Waals surface area contributed by atoms with E-state index in [1.165, 1.54) is 66.2 Å². The maximum atomic E-state index is 12.9. The van der Waals surface area contributed by atoms with E-state index in [9.17, 15) is 4.79 Å². The second kappa shape index (κ2) is 12.3. The highest BCUT2D eigenvalue weighted by atomic mass is 32.2. The van der Waals surface area contributed by atoms with Gasteiger partial charge >= 0.3 is 6.03 Å². The van der Waals surface area contributed by atoms with Crippen molar-refractivity contribution in [2.24, 2.45) is 16.8 Å². The van der Waals surface area contributed by atoms with Crippen molar-refractivity contribution in [1.29, 1.82) is 0 Å². The van der Waals surface area contributed by atoms with Gasteiger partial charge in [-0.2, -0.15) is 0 Å². The maximum absolute atomic E-state index is 12.9. The van der Waals surface area contributed by atoms with Crippen LogP contribution in [0.15, 0.2) is 53.0 Å². The smallest absolute Gasteiger partial charge is 0.320 e. The summed E-state index contributed by atoms with van der Waals surface area (Å²) in [6.07, 6.45) is 14.9. The number of nitrogens with zero attached hydrogens (tertiary/aromatic N) is 3. The predicted octanol–water partition coefficient (Wildman–Crippen LogP) is 7.31. The molecule has 1 atom stereocenters. The summed E-state index contributed by atoms with van der Waals surface area (Å²) in [6.45, 7) is 5.53. The highest BCUT2D eigenvalue weighted by molar-refractivity contribution is 8.12. The van der Waals surface area contributed by atoms with Crippen molar-refractivity contribution in [1.82, 2.24) is 9.80 Å². The molecule has 2 amide bonds. The third-order valence-corrected chi connectivity index (χ3v) is 11.0. The summed E-state index contributed by atoms with van der Waals surface area (Å²) in [6, 6.07) is 12.3. The Bertz CT molecular complexity index is 1360. The summed E-state index contributed by atoms with van der Waals surface area (Å²) < 4.78 is 5.42. The monoisotopic (exact) mass is 569 g/mol. The Balaban J connectivity index is 0.000000502. The van der Waals surface area contributed by atoms with Crippen molar-refractivity contribution in [2.45, 2.75) is 57.3 Å². The molecular formula is C35H43N3O2S. The third-order valence-electron chi connectivity index (χ3n) is 10.3. The van der Waals surface area contributed by atoms with Crippen LogP contribution in [0.5, 0.6) is 0 Å². The van der Waals surface area contributed by atoms with Crippen LogP contribution in [0, 0.1) is 11.8 Å². The molecule has 0 aromatic heterocycles. The Labute approximate surface area is 249 Å². The van der Waals surface area contributed by atoms with Crippen LogP contribution in [0.3, 0.4) is 0 Å². The Kier molecular flexibility index (Phi) is 8.21. The molecule has 2 saturated heterocycles. The molecule has 8 rings (SSSR count). The van der Waals surface area contributed by atoms with E-state index >= 15 is 0 Å². The first kappa shape index (κ1) is 27.3. The fourth-order valence-corrected chi connectivity index (χ4v) is 8.25. The van der Waals surface area contributed by atoms with Crippen LogP contribution < -0.4 is 0 Å². The van der Waals surface area contributed by atoms with Crippen molar-refractivity contribution in [3.63, 3.8) is 0 Å². The van der Waals surface area contributed by atoms with Crippen LogP contribution >= 0.6 is 11.8 Å². The average Bonchev–Trinajstić information content (AvgIpc) is 3.61. The van der Waals surface area contributed by atoms with Gasteiger partial charge in [0.2, 0.25) is 0 Å². The Morgan fingerprint density at radius 2 is 1.80 bits per heavy atom. The highest BCUT2D eigenvalue weighted by Gasteiger charge is 2.36. The Morgan fingerprint density at radius 1 is 0.976 bits per heavy atom. The van der Waals surface area contributed by atoms with Crippen LogP contribution in [0.1, 0.15) is 67.6 Å². The number of carbonyl (C=O) groups is 1. The maximum Gasteiger partial charge on any atom is 0.320 e. The molecule has 1 unspecified atom stereocenters. The molecule has 0 bridgehead atoms. The number of morpholine rings is 1. The third kappa shape index (κ3) is 5.62. The number of carbonyl (C=O) groups excluding carboxylic acids is 1. The first-order chi connectivity index (χ1) is 20.3. The van der Waals surface area contributed by atoms with E-state index in [1.807, 2.05) is 10.4 Å². The van der Waals surface area contributed by atoms with Crippen LogP contribution in [-0.4, -0.2) is 73.1 Å². The van der Waals surface area contributed by atoms with E-state index in [1.54, 1.807) is 28.5 Å². The lowest BCUT2D eigenvalue weighted by Crippen LogP contribution is -2.50. The van der Waals surface area contributed by atoms with Crippen LogP contribution in [-0.2, 0) is 11.2 Å². The molecule has 0 spiro atoms. The molecule has 2 aromatic rings. The number of rotatable bonds is 2. The van der Waals surface area contributed by atoms with Gasteiger partial charge in [0.05, 0.1) is 18.8 Å². The number of aliphatic imine (C=N–C) groups is 1. The SMILES string of the molecule is C1=NCCS1.O=C(N1CCOCC1)N1CCC(c2ccc3c4c(ccc3c2)C2=C(CCC=C2)C(C2CCC2)C4)CC1. The number of urea groups is 1. The minimum atomic E-state index is 0.202. The molecule has 3 aliphatic carbocycles. The molecule has 0 N–H and O–H groups in total. The second-order valence-corrected chi connectivity index (χ2v) is 13.4. The van der Waals surface area contributed by atoms with E-state index in [4.69, 9.17) is 4.74 Å². The zero-order chi connectivity index (χ0) is 27.6. The van der Waals surface area contributed by atoms with Gasteiger partial charge in [0.1, 0.15) is 0 Å². The summed E-state index contributed by atoms with van der Waals surface area (Å²) in [5.41, 5.74) is 9.73. The second-order valence-electron chi connectivity index (χ2n) is 12.5. The summed E-state index contributed by atoms with van der Waals surface area (Å²) in [4.78, 5) is 20.8. The number of amides is 2. The Hall–Kier alpha value is -2.57. The van der Waals surface area contributed by atoms with Crippen molar-refractivity contribution >= 4 is 39.7 Å². The number of benzene rings is 2. The van der Waals surface area contributed by atoms with E-state index in [0.717, 1.165) is 57.4 Å². The summed E-state index contributed by atoms with van der Waals surface area (Å²) >= 11 is 1.78. The number of piperidine rings is 1. The number of hydrogen-bond donors (Lipinski definition) is 0. The average molecular weight is 570 g/mol. The van der Waals surface area contributed by atoms with E-state index in [-0.39, 0.29) is 6.03 Å². The molecule has 5 nitrogen and oxygen atoms in total. The normalized spacial score (nSPS) is 24.5. The van der Waals surface area contributed by atoms with E-state index < -0.39 is 0 Å². The van der Waals surface area contributed by atoms with Gasteiger partial charge in [-0.25, -0.2) is 4.79 Å². The number of allylic oxidation sites excluding steroid dienone is 4. The lowest BCUT2D eigenvalue weighted by molar-refractivity contribution is 0.0411. The quantitative estimate of drug-likeness (QED) is 0.381. The van der Waals surface area contributed by atoms with E-state index in [0.29, 0.717) is 19.1 Å². The fraction of sp³-hybridized carbons (Fsp3) is 0.543. The van der Waals surface area contributed by atoms with Crippen LogP contribution in [0.25, 0.3) is 16.3 Å². The summed E-state index contributed by atoms with van der Waals surface area (Å²) in [7, 11) is 0. The van der Waals surface area contributed by atoms with E-state index in [2.05, 4.69) is 52.4 Å². The molecule has 1 saturated carbocycles. The standard InChI is InChI=1S/C32H38N2O2.C3H5NS/c35-32(34-16-18-36-19-17-34)33-14-12-22(13-15-33)24-8-10-26-25(20-24)9-11-29-27-6-1-2-7-28(27)30(21-31(26)29)23-4-3-5-23;1-2-5-3-4-1/h1,6,8-11,20,22-23,30H,2-5,7,12-19,21H2;3H,1-2H2. The molecule has 216 valence electrons. The minimum Gasteiger partial charge on any atom is -0.378 e. The number of fused-ring (bicyclic) bond motifs is 4. The van der Waals surface area contributed by atoms with Crippen molar-refractivity contribution < 1.29 is 9.53 Å². The topological polar surface area (TPSA) is 45.1 Å². The Morgan fingerprint density at radius 3 is 2.51 bits per heavy atom. The van der Waals surface area contributed by atoms with Crippen LogP contribution in [0.2, 0.25) is 0 Å². The molecule has 6 aliphatic rings. The molecule has 3 fully saturated rings. The predicted molar refractivity (Wildman–Crippen MR) is 171 cm³/mol. The minimum absolute atomic E-state index is 0.202. The van der Waals surface area contributed by atoms with Gasteiger partial charge in [0.25, 0.3) is 0 Å². The lowest BCUT2D eigenvalue weighted by atomic mass is 9.64. The van der Waals surface area contributed by atoms with Gasteiger partial charge in [0, 0.05) is 38.5 Å². The van der Waals surface area contributed by atoms with Gasteiger partial charge in [0.15, 0.2) is 0 Å².